The van der Waals surface area contributed by atoms with E-state index in [0.29, 0.717) is 4.80 Å². The second-order valence-corrected chi connectivity index (χ2v) is 9.75. The zero-order valence-corrected chi connectivity index (χ0v) is 23.3. The van der Waals surface area contributed by atoms with Gasteiger partial charge in [-0.3, -0.25) is 9.59 Å². The zero-order chi connectivity index (χ0) is 31.9. The van der Waals surface area contributed by atoms with E-state index in [-0.39, 0.29) is 49.7 Å². The summed E-state index contributed by atoms with van der Waals surface area (Å²) in [7, 11) is 1.32. The Morgan fingerprint density at radius 2 is 1.60 bits per heavy atom. The van der Waals surface area contributed by atoms with Crippen LogP contribution in [0.1, 0.15) is 32.2 Å². The number of alkyl halides is 7. The number of hydrogen-bond acceptors (Lipinski definition) is 6. The number of amides is 2. The van der Waals surface area contributed by atoms with E-state index < -0.39 is 42.1 Å². The molecule has 10 nitrogen and oxygen atoms in total. The maximum Gasteiger partial charge on any atom is 0.437 e. The molecule has 0 fully saturated rings. The minimum Gasteiger partial charge on any atom is -0.355 e. The number of benzene rings is 1. The Morgan fingerprint density at radius 1 is 0.930 bits per heavy atom. The molecule has 0 aliphatic carbocycles. The smallest absolute Gasteiger partial charge is 0.355 e. The molecule has 0 saturated carbocycles. The van der Waals surface area contributed by atoms with Crippen LogP contribution in [-0.4, -0.2) is 61.0 Å². The summed E-state index contributed by atoms with van der Waals surface area (Å²) in [6.45, 7) is -0.727. The average molecular weight is 674 g/mol. The summed E-state index contributed by atoms with van der Waals surface area (Å²) in [5.74, 6) is -1.73. The maximum atomic E-state index is 14.4. The van der Waals surface area contributed by atoms with Crippen molar-refractivity contribution in [3.63, 3.8) is 0 Å². The van der Waals surface area contributed by atoms with Gasteiger partial charge in [0, 0.05) is 18.3 Å². The van der Waals surface area contributed by atoms with Crippen molar-refractivity contribution >= 4 is 52.3 Å². The fourth-order valence-electron chi connectivity index (χ4n) is 3.68. The van der Waals surface area contributed by atoms with Crippen LogP contribution in [0.5, 0.6) is 0 Å². The van der Waals surface area contributed by atoms with Crippen molar-refractivity contribution in [3.05, 3.63) is 80.4 Å². The van der Waals surface area contributed by atoms with Crippen molar-refractivity contribution in [1.29, 1.82) is 0 Å². The first-order chi connectivity index (χ1) is 20.0. The number of carbonyl (C=O) groups excluding carboxylic acids is 2. The van der Waals surface area contributed by atoms with Crippen LogP contribution in [0.2, 0.25) is 15.1 Å². The Kier molecular flexibility index (Phi) is 8.63. The van der Waals surface area contributed by atoms with Crippen LogP contribution in [0.3, 0.4) is 0 Å². The minimum atomic E-state index is -6.40. The Bertz CT molecular complexity index is 1690. The highest BCUT2D eigenvalue weighted by atomic mass is 35.5. The largest absolute Gasteiger partial charge is 0.437 e. The zero-order valence-electron chi connectivity index (χ0n) is 21.0. The topological polar surface area (TPSA) is 120 Å². The van der Waals surface area contributed by atoms with Crippen molar-refractivity contribution in [1.82, 2.24) is 35.1 Å². The van der Waals surface area contributed by atoms with E-state index >= 15 is 0 Å². The molecule has 0 aliphatic rings. The third kappa shape index (κ3) is 6.09. The minimum absolute atomic E-state index is 0.0150. The summed E-state index contributed by atoms with van der Waals surface area (Å²) < 4.78 is 94.1. The molecule has 4 rings (SSSR count). The quantitative estimate of drug-likeness (QED) is 0.241. The molecular formula is C23H14Cl3F7N8O2. The van der Waals surface area contributed by atoms with Gasteiger partial charge in [-0.15, -0.1) is 0 Å². The first-order valence-electron chi connectivity index (χ1n) is 11.4. The van der Waals surface area contributed by atoms with E-state index in [1.165, 1.54) is 37.5 Å². The highest BCUT2D eigenvalue weighted by molar-refractivity contribution is 6.38. The van der Waals surface area contributed by atoms with Gasteiger partial charge in [-0.2, -0.15) is 46.4 Å². The van der Waals surface area contributed by atoms with Crippen LogP contribution in [-0.2, 0) is 12.2 Å². The molecule has 2 N–H and O–H groups in total. The third-order valence-corrected chi connectivity index (χ3v) is 6.48. The Hall–Kier alpha value is -3.96. The van der Waals surface area contributed by atoms with E-state index in [1.54, 1.807) is 0 Å². The van der Waals surface area contributed by atoms with Crippen molar-refractivity contribution in [2.75, 3.05) is 12.4 Å². The van der Waals surface area contributed by atoms with Crippen LogP contribution in [0.25, 0.3) is 5.82 Å². The highest BCUT2D eigenvalue weighted by Crippen LogP contribution is 2.52. The van der Waals surface area contributed by atoms with E-state index in [4.69, 9.17) is 34.8 Å². The van der Waals surface area contributed by atoms with Crippen LogP contribution >= 0.6 is 34.8 Å². The SMILES string of the molecule is CNC(=O)c1cc(Cl)cc(Cl)c1NC(=O)c1cc(Cn2ncc(C(F)(C(F)(F)F)C(F)(F)F)n2)nn1-c1ncccc1Cl. The molecular weight excluding hydrogens is 660 g/mol. The van der Waals surface area contributed by atoms with Crippen LogP contribution in [0, 0.1) is 0 Å². The number of nitrogens with one attached hydrogen (secondary N) is 2. The summed E-state index contributed by atoms with van der Waals surface area (Å²) in [6.07, 6.45) is -11.5. The monoisotopic (exact) mass is 672 g/mol. The molecule has 228 valence electrons. The highest BCUT2D eigenvalue weighted by Gasteiger charge is 2.75. The molecule has 0 spiro atoms. The number of rotatable bonds is 7. The number of pyridine rings is 1. The summed E-state index contributed by atoms with van der Waals surface area (Å²) in [5.41, 5.74) is -8.67. The second kappa shape index (κ2) is 11.6. The Labute approximate surface area is 250 Å². The molecule has 0 bridgehead atoms. The normalized spacial score (nSPS) is 12.3. The first kappa shape index (κ1) is 32.0. The lowest BCUT2D eigenvalue weighted by Crippen LogP contribution is -2.50. The molecule has 3 heterocycles. The summed E-state index contributed by atoms with van der Waals surface area (Å²) in [4.78, 5) is 30.2. The molecule has 0 saturated heterocycles. The van der Waals surface area contributed by atoms with Gasteiger partial charge < -0.3 is 10.6 Å². The van der Waals surface area contributed by atoms with Crippen LogP contribution in [0.4, 0.5) is 36.4 Å². The van der Waals surface area contributed by atoms with Gasteiger partial charge in [-0.05, 0) is 30.3 Å². The lowest BCUT2D eigenvalue weighted by Gasteiger charge is -2.27. The fourth-order valence-corrected chi connectivity index (χ4v) is 4.43. The second-order valence-electron chi connectivity index (χ2n) is 8.50. The molecule has 20 heteroatoms. The van der Waals surface area contributed by atoms with Gasteiger partial charge >= 0.3 is 18.0 Å². The number of carbonyl (C=O) groups is 2. The van der Waals surface area contributed by atoms with Crippen LogP contribution in [0.15, 0.2) is 42.7 Å². The van der Waals surface area contributed by atoms with Gasteiger partial charge in [-0.25, -0.2) is 14.1 Å². The van der Waals surface area contributed by atoms with Crippen molar-refractivity contribution in [2.45, 2.75) is 24.6 Å². The maximum absolute atomic E-state index is 14.4. The van der Waals surface area contributed by atoms with E-state index in [2.05, 4.69) is 30.9 Å². The number of aromatic nitrogens is 6. The Balaban J connectivity index is 1.76. The molecule has 4 aromatic rings. The van der Waals surface area contributed by atoms with E-state index in [1.807, 2.05) is 0 Å². The molecule has 3 aromatic heterocycles. The van der Waals surface area contributed by atoms with Gasteiger partial charge in [0.25, 0.3) is 11.8 Å². The standard InChI is InChI=1S/C23H14Cl3F7N8O2/c1-34-19(42)12-5-10(24)6-14(26)17(12)37-20(43)15-7-11(38-41(15)18-13(25)3-2-4-35-18)9-40-36-8-16(39-40)21(27,22(28,29)30)23(31,32)33/h2-8H,9H2,1H3,(H,34,42)(H,37,43). The number of halogens is 10. The molecule has 0 aliphatic heterocycles. The predicted octanol–water partition coefficient (Wildman–Crippen LogP) is 5.77. The molecule has 0 unspecified atom stereocenters. The van der Waals surface area contributed by atoms with Gasteiger partial charge in [0.2, 0.25) is 0 Å². The number of nitrogens with zero attached hydrogens (tertiary/aromatic N) is 6. The van der Waals surface area contributed by atoms with Crippen molar-refractivity contribution < 1.29 is 40.3 Å². The van der Waals surface area contributed by atoms with Crippen molar-refractivity contribution in [3.8, 4) is 5.82 Å². The van der Waals surface area contributed by atoms with E-state index in [9.17, 15) is 40.3 Å². The average Bonchev–Trinajstić information content (AvgIpc) is 3.55. The van der Waals surface area contributed by atoms with Gasteiger partial charge in [0.1, 0.15) is 17.9 Å². The fraction of sp³-hybridized carbons (Fsp3) is 0.217. The summed E-state index contributed by atoms with van der Waals surface area (Å²) in [6, 6.07) is 6.39. The number of hydrogen-bond donors (Lipinski definition) is 2. The van der Waals surface area contributed by atoms with Gasteiger partial charge in [0.05, 0.1) is 33.2 Å². The molecule has 2 amide bonds. The van der Waals surface area contributed by atoms with Crippen molar-refractivity contribution in [2.24, 2.45) is 0 Å². The molecule has 1 aromatic carbocycles. The summed E-state index contributed by atoms with van der Waals surface area (Å²) in [5, 5.41) is 15.2. The Morgan fingerprint density at radius 3 is 2.21 bits per heavy atom. The third-order valence-electron chi connectivity index (χ3n) is 5.67. The van der Waals surface area contributed by atoms with E-state index in [0.717, 1.165) is 10.7 Å². The number of anilines is 1. The molecule has 0 atom stereocenters. The lowest BCUT2D eigenvalue weighted by molar-refractivity contribution is -0.350. The predicted molar refractivity (Wildman–Crippen MR) is 138 cm³/mol. The van der Waals surface area contributed by atoms with Gasteiger partial charge in [-0.1, -0.05) is 34.8 Å². The first-order valence-corrected chi connectivity index (χ1v) is 12.6. The molecule has 43 heavy (non-hydrogen) atoms. The van der Waals surface area contributed by atoms with Gasteiger partial charge in [0.15, 0.2) is 5.82 Å². The lowest BCUT2D eigenvalue weighted by atomic mass is 10.0. The van der Waals surface area contributed by atoms with Crippen LogP contribution < -0.4 is 10.6 Å². The molecule has 0 radical (unpaired) electrons. The summed E-state index contributed by atoms with van der Waals surface area (Å²) >= 11 is 18.4.